The first-order chi connectivity index (χ1) is 5.56. The van der Waals surface area contributed by atoms with Gasteiger partial charge in [0.05, 0.1) is 13.5 Å². The Morgan fingerprint density at radius 3 is 2.58 bits per heavy atom. The Morgan fingerprint density at radius 2 is 2.17 bits per heavy atom. The molecule has 6 nitrogen and oxygen atoms in total. The fourth-order valence-corrected chi connectivity index (χ4v) is 0.445. The number of methoxy groups -OCH3 is 1. The van der Waals surface area contributed by atoms with Crippen molar-refractivity contribution in [2.45, 2.75) is 13.3 Å². The average Bonchev–Trinajstić information content (AvgIpc) is 1.99. The molecular weight excluding hydrogens is 164 g/mol. The van der Waals surface area contributed by atoms with Crippen LogP contribution in [0.2, 0.25) is 0 Å². The summed E-state index contributed by atoms with van der Waals surface area (Å²) in [6.07, 6.45) is -0.927. The molecule has 0 aromatic carbocycles. The Kier molecular flexibility index (Phi) is 4.43. The van der Waals surface area contributed by atoms with Crippen LogP contribution in [0.4, 0.5) is 4.79 Å². The third-order valence-electron chi connectivity index (χ3n) is 0.931. The van der Waals surface area contributed by atoms with Crippen LogP contribution in [0.3, 0.4) is 0 Å². The van der Waals surface area contributed by atoms with Crippen molar-refractivity contribution in [3.63, 3.8) is 0 Å². The van der Waals surface area contributed by atoms with Crippen LogP contribution < -0.4 is 5.43 Å². The van der Waals surface area contributed by atoms with Crippen LogP contribution in [0, 0.1) is 0 Å². The van der Waals surface area contributed by atoms with Crippen molar-refractivity contribution in [3.05, 3.63) is 0 Å². The lowest BCUT2D eigenvalue weighted by Crippen LogP contribution is -2.19. The van der Waals surface area contributed by atoms with Gasteiger partial charge in [-0.15, -0.1) is 0 Å². The van der Waals surface area contributed by atoms with Crippen molar-refractivity contribution >= 4 is 17.8 Å². The molecule has 0 spiro atoms. The molecule has 0 aliphatic rings. The third kappa shape index (κ3) is 5.21. The van der Waals surface area contributed by atoms with Gasteiger partial charge in [0.15, 0.2) is 0 Å². The molecule has 0 heterocycles. The van der Waals surface area contributed by atoms with Gasteiger partial charge in [0, 0.05) is 5.71 Å². The predicted molar refractivity (Wildman–Crippen MR) is 40.9 cm³/mol. The molecule has 0 fully saturated rings. The lowest BCUT2D eigenvalue weighted by molar-refractivity contribution is -0.135. The van der Waals surface area contributed by atoms with E-state index in [0.29, 0.717) is 5.71 Å². The summed E-state index contributed by atoms with van der Waals surface area (Å²) in [4.78, 5) is 20.5. The highest BCUT2D eigenvalue weighted by molar-refractivity contribution is 5.97. The Bertz CT molecular complexity index is 212. The Balaban J connectivity index is 3.84. The zero-order chi connectivity index (χ0) is 9.56. The third-order valence-corrected chi connectivity index (χ3v) is 0.931. The number of carboxylic acids is 1. The zero-order valence-electron chi connectivity index (χ0n) is 6.83. The minimum absolute atomic E-state index is 0.204. The van der Waals surface area contributed by atoms with Crippen LogP contribution in [0.15, 0.2) is 5.10 Å². The smallest absolute Gasteiger partial charge is 0.427 e. The SMILES string of the molecule is COC(=O)N/N=C(\C)CC(=O)O. The van der Waals surface area contributed by atoms with Crippen LogP contribution in [0.25, 0.3) is 0 Å². The number of ether oxygens (including phenoxy) is 1. The molecule has 6 heteroatoms. The van der Waals surface area contributed by atoms with Crippen LogP contribution in [-0.2, 0) is 9.53 Å². The van der Waals surface area contributed by atoms with Crippen molar-refractivity contribution < 1.29 is 19.4 Å². The maximum absolute atomic E-state index is 10.4. The molecule has 0 saturated carbocycles. The number of aliphatic carboxylic acids is 1. The second kappa shape index (κ2) is 5.11. The number of hydrogen-bond donors (Lipinski definition) is 2. The molecule has 0 saturated heterocycles. The van der Waals surface area contributed by atoms with E-state index in [4.69, 9.17) is 5.11 Å². The second-order valence-corrected chi connectivity index (χ2v) is 2.02. The van der Waals surface area contributed by atoms with Gasteiger partial charge in [0.25, 0.3) is 0 Å². The van der Waals surface area contributed by atoms with Crippen molar-refractivity contribution in [3.8, 4) is 0 Å². The van der Waals surface area contributed by atoms with Crippen molar-refractivity contribution in [1.82, 2.24) is 5.43 Å². The van der Waals surface area contributed by atoms with Gasteiger partial charge in [-0.25, -0.2) is 10.2 Å². The summed E-state index contributed by atoms with van der Waals surface area (Å²) < 4.78 is 4.20. The van der Waals surface area contributed by atoms with E-state index < -0.39 is 12.1 Å². The summed E-state index contributed by atoms with van der Waals surface area (Å²) >= 11 is 0. The second-order valence-electron chi connectivity index (χ2n) is 2.02. The van der Waals surface area contributed by atoms with E-state index in [1.54, 1.807) is 0 Å². The molecule has 68 valence electrons. The van der Waals surface area contributed by atoms with E-state index in [0.717, 1.165) is 0 Å². The summed E-state index contributed by atoms with van der Waals surface area (Å²) in [5.41, 5.74) is 2.30. The highest BCUT2D eigenvalue weighted by Crippen LogP contribution is 1.84. The monoisotopic (exact) mass is 174 g/mol. The lowest BCUT2D eigenvalue weighted by Gasteiger charge is -1.97. The van der Waals surface area contributed by atoms with Crippen LogP contribution >= 0.6 is 0 Å². The van der Waals surface area contributed by atoms with Crippen LogP contribution in [0.5, 0.6) is 0 Å². The minimum Gasteiger partial charge on any atom is -0.481 e. The Morgan fingerprint density at radius 1 is 1.58 bits per heavy atom. The summed E-state index contributed by atoms with van der Waals surface area (Å²) in [6.45, 7) is 1.49. The number of hydrazone groups is 1. The van der Waals surface area contributed by atoms with E-state index in [1.807, 2.05) is 5.43 Å². The molecule has 0 aromatic heterocycles. The van der Waals surface area contributed by atoms with Gasteiger partial charge in [-0.2, -0.15) is 5.10 Å². The van der Waals surface area contributed by atoms with Crippen LogP contribution in [0.1, 0.15) is 13.3 Å². The molecule has 2 N–H and O–H groups in total. The Labute approximate surface area is 69.2 Å². The largest absolute Gasteiger partial charge is 0.481 e. The number of carbonyl (C=O) groups is 2. The van der Waals surface area contributed by atoms with Gasteiger partial charge in [0.2, 0.25) is 0 Å². The first-order valence-corrected chi connectivity index (χ1v) is 3.15. The van der Waals surface area contributed by atoms with E-state index in [2.05, 4.69) is 9.84 Å². The molecule has 12 heavy (non-hydrogen) atoms. The maximum atomic E-state index is 10.4. The number of rotatable bonds is 3. The van der Waals surface area contributed by atoms with Crippen molar-refractivity contribution in [1.29, 1.82) is 0 Å². The first kappa shape index (κ1) is 10.4. The van der Waals surface area contributed by atoms with Gasteiger partial charge in [-0.3, -0.25) is 4.79 Å². The number of nitrogens with zero attached hydrogens (tertiary/aromatic N) is 1. The number of carboxylic acid groups (broad SMARTS) is 1. The van der Waals surface area contributed by atoms with E-state index in [9.17, 15) is 9.59 Å². The summed E-state index contributed by atoms with van der Waals surface area (Å²) in [5, 5.41) is 11.7. The first-order valence-electron chi connectivity index (χ1n) is 3.15. The van der Waals surface area contributed by atoms with Gasteiger partial charge < -0.3 is 9.84 Å². The summed E-state index contributed by atoms with van der Waals surface area (Å²) in [7, 11) is 1.19. The van der Waals surface area contributed by atoms with Crippen molar-refractivity contribution in [2.24, 2.45) is 5.10 Å². The highest BCUT2D eigenvalue weighted by atomic mass is 16.5. The standard InChI is InChI=1S/C6H10N2O4/c1-4(3-5(9)10)7-8-6(11)12-2/h3H2,1-2H3,(H,8,11)(H,9,10)/b7-4+. The molecule has 0 atom stereocenters. The van der Waals surface area contributed by atoms with Gasteiger partial charge in [-0.1, -0.05) is 0 Å². The van der Waals surface area contributed by atoms with Gasteiger partial charge >= 0.3 is 12.1 Å². The molecule has 1 amide bonds. The molecular formula is C6H10N2O4. The number of hydrogen-bond acceptors (Lipinski definition) is 4. The van der Waals surface area contributed by atoms with Gasteiger partial charge in [0.1, 0.15) is 0 Å². The number of amides is 1. The molecule has 0 aliphatic carbocycles. The van der Waals surface area contributed by atoms with Crippen LogP contribution in [-0.4, -0.2) is 30.0 Å². The fourth-order valence-electron chi connectivity index (χ4n) is 0.445. The normalized spacial score (nSPS) is 10.7. The van der Waals surface area contributed by atoms with E-state index in [-0.39, 0.29) is 6.42 Å². The quantitative estimate of drug-likeness (QED) is 0.472. The lowest BCUT2D eigenvalue weighted by atomic mass is 10.3. The van der Waals surface area contributed by atoms with Crippen molar-refractivity contribution in [2.75, 3.05) is 7.11 Å². The highest BCUT2D eigenvalue weighted by Gasteiger charge is 2.00. The molecule has 0 unspecified atom stereocenters. The maximum Gasteiger partial charge on any atom is 0.427 e. The average molecular weight is 174 g/mol. The molecule has 0 aromatic rings. The predicted octanol–water partition coefficient (Wildman–Crippen LogP) is 0.193. The fraction of sp³-hybridized carbons (Fsp3) is 0.500. The van der Waals surface area contributed by atoms with E-state index >= 15 is 0 Å². The molecule has 0 rings (SSSR count). The minimum atomic E-state index is -0.997. The zero-order valence-corrected chi connectivity index (χ0v) is 6.83. The molecule has 0 radical (unpaired) electrons. The van der Waals surface area contributed by atoms with E-state index in [1.165, 1.54) is 14.0 Å². The summed E-state index contributed by atoms with van der Waals surface area (Å²) in [5.74, 6) is -0.997. The van der Waals surface area contributed by atoms with Gasteiger partial charge in [-0.05, 0) is 6.92 Å². The summed E-state index contributed by atoms with van der Waals surface area (Å²) in [6, 6.07) is 0. The molecule has 0 bridgehead atoms. The topological polar surface area (TPSA) is 88.0 Å². The number of nitrogens with one attached hydrogen (secondary N) is 1. The Hall–Kier alpha value is -1.59. The number of carbonyl (C=O) groups excluding carboxylic acids is 1. The molecule has 0 aliphatic heterocycles.